The maximum Gasteiger partial charge on any atom is 0.274 e. The lowest BCUT2D eigenvalue weighted by Gasteiger charge is -2.22. The molecule has 1 aromatic rings. The minimum absolute atomic E-state index is 0.0202. The topological polar surface area (TPSA) is 64.2 Å². The van der Waals surface area contributed by atoms with Crippen molar-refractivity contribution in [2.45, 2.75) is 46.7 Å². The molecule has 0 bridgehead atoms. The molecule has 1 aliphatic heterocycles. The van der Waals surface area contributed by atoms with Crippen molar-refractivity contribution >= 4 is 11.6 Å². The fraction of sp³-hybridized carbons (Fsp3) is 0.692. The van der Waals surface area contributed by atoms with Gasteiger partial charge in [0.25, 0.3) is 5.91 Å². The maximum atomic E-state index is 12.6. The Balaban J connectivity index is 2.34. The van der Waals surface area contributed by atoms with Crippen LogP contribution in [0.5, 0.6) is 0 Å². The van der Waals surface area contributed by atoms with Crippen molar-refractivity contribution in [3.8, 4) is 0 Å². The van der Waals surface area contributed by atoms with Gasteiger partial charge in [0, 0.05) is 19.1 Å². The number of aromatic nitrogens is 2. The molecular weight excluding hydrogens is 228 g/mol. The molecule has 1 amide bonds. The third kappa shape index (κ3) is 1.98. The van der Waals surface area contributed by atoms with Crippen LogP contribution in [0.2, 0.25) is 0 Å². The Hall–Kier alpha value is -1.52. The zero-order valence-corrected chi connectivity index (χ0v) is 11.6. The summed E-state index contributed by atoms with van der Waals surface area (Å²) >= 11 is 0. The summed E-state index contributed by atoms with van der Waals surface area (Å²) in [6, 6.07) is 0.285. The molecule has 2 atom stereocenters. The van der Waals surface area contributed by atoms with Crippen molar-refractivity contribution in [2.75, 3.05) is 12.3 Å². The highest BCUT2D eigenvalue weighted by Crippen LogP contribution is 2.26. The standard InChI is InChI=1S/C13H22N4O/c1-5-17-12(11(14)10(4)15-17)13(18)16-7-8(2)6-9(16)3/h8-9H,5-7,14H2,1-4H3. The first-order chi connectivity index (χ1) is 8.45. The summed E-state index contributed by atoms with van der Waals surface area (Å²) in [7, 11) is 0. The van der Waals surface area contributed by atoms with Crippen LogP contribution in [0.3, 0.4) is 0 Å². The number of carbonyl (C=O) groups is 1. The van der Waals surface area contributed by atoms with E-state index in [1.54, 1.807) is 4.68 Å². The molecule has 0 spiro atoms. The van der Waals surface area contributed by atoms with Gasteiger partial charge in [-0.3, -0.25) is 9.48 Å². The first-order valence-electron chi connectivity index (χ1n) is 6.59. The molecule has 100 valence electrons. The average Bonchev–Trinajstić information content (AvgIpc) is 2.79. The van der Waals surface area contributed by atoms with Gasteiger partial charge in [0.1, 0.15) is 5.69 Å². The average molecular weight is 250 g/mol. The van der Waals surface area contributed by atoms with E-state index in [2.05, 4.69) is 18.9 Å². The molecular formula is C13H22N4O. The minimum atomic E-state index is 0.0202. The third-order valence-corrected chi connectivity index (χ3v) is 3.72. The van der Waals surface area contributed by atoms with Gasteiger partial charge in [-0.05, 0) is 33.1 Å². The fourth-order valence-corrected chi connectivity index (χ4v) is 2.77. The quantitative estimate of drug-likeness (QED) is 0.868. The molecule has 0 saturated carbocycles. The van der Waals surface area contributed by atoms with Crippen LogP contribution in [0.25, 0.3) is 0 Å². The van der Waals surface area contributed by atoms with E-state index in [0.29, 0.717) is 23.8 Å². The normalized spacial score (nSPS) is 23.7. The van der Waals surface area contributed by atoms with Crippen molar-refractivity contribution in [1.82, 2.24) is 14.7 Å². The van der Waals surface area contributed by atoms with E-state index in [1.807, 2.05) is 18.7 Å². The second-order valence-electron chi connectivity index (χ2n) is 5.31. The van der Waals surface area contributed by atoms with Gasteiger partial charge < -0.3 is 10.6 Å². The Labute approximate surface area is 108 Å². The van der Waals surface area contributed by atoms with E-state index >= 15 is 0 Å². The van der Waals surface area contributed by atoms with Crippen LogP contribution in [0.4, 0.5) is 5.69 Å². The van der Waals surface area contributed by atoms with Gasteiger partial charge in [0.2, 0.25) is 0 Å². The fourth-order valence-electron chi connectivity index (χ4n) is 2.77. The Morgan fingerprint density at radius 1 is 1.50 bits per heavy atom. The molecule has 5 heteroatoms. The van der Waals surface area contributed by atoms with E-state index in [4.69, 9.17) is 5.73 Å². The Morgan fingerprint density at radius 3 is 2.67 bits per heavy atom. The van der Waals surface area contributed by atoms with Crippen molar-refractivity contribution in [1.29, 1.82) is 0 Å². The molecule has 2 unspecified atom stereocenters. The number of aryl methyl sites for hydroxylation is 2. The second-order valence-corrected chi connectivity index (χ2v) is 5.31. The van der Waals surface area contributed by atoms with Gasteiger partial charge in [-0.15, -0.1) is 0 Å². The van der Waals surface area contributed by atoms with Gasteiger partial charge in [-0.1, -0.05) is 6.92 Å². The molecule has 1 saturated heterocycles. The smallest absolute Gasteiger partial charge is 0.274 e. The van der Waals surface area contributed by atoms with Crippen LogP contribution in [-0.2, 0) is 6.54 Å². The molecule has 2 heterocycles. The largest absolute Gasteiger partial charge is 0.395 e. The number of rotatable bonds is 2. The number of nitrogens with two attached hydrogens (primary N) is 1. The van der Waals surface area contributed by atoms with Gasteiger partial charge in [0.05, 0.1) is 11.4 Å². The number of nitrogens with zero attached hydrogens (tertiary/aromatic N) is 3. The van der Waals surface area contributed by atoms with Crippen molar-refractivity contribution < 1.29 is 4.79 Å². The van der Waals surface area contributed by atoms with Crippen molar-refractivity contribution in [2.24, 2.45) is 5.92 Å². The molecule has 1 fully saturated rings. The van der Waals surface area contributed by atoms with Crippen LogP contribution in [-0.4, -0.2) is 33.2 Å². The second kappa shape index (κ2) is 4.63. The van der Waals surface area contributed by atoms with Crippen LogP contribution in [0.15, 0.2) is 0 Å². The van der Waals surface area contributed by atoms with E-state index in [-0.39, 0.29) is 11.9 Å². The van der Waals surface area contributed by atoms with Crippen LogP contribution >= 0.6 is 0 Å². The lowest BCUT2D eigenvalue weighted by Crippen LogP contribution is -2.35. The van der Waals surface area contributed by atoms with Gasteiger partial charge in [0.15, 0.2) is 0 Å². The zero-order valence-electron chi connectivity index (χ0n) is 11.6. The molecule has 18 heavy (non-hydrogen) atoms. The summed E-state index contributed by atoms with van der Waals surface area (Å²) in [6.07, 6.45) is 1.06. The van der Waals surface area contributed by atoms with E-state index < -0.39 is 0 Å². The van der Waals surface area contributed by atoms with Crippen molar-refractivity contribution in [3.05, 3.63) is 11.4 Å². The summed E-state index contributed by atoms with van der Waals surface area (Å²) < 4.78 is 1.71. The Bertz CT molecular complexity index is 466. The van der Waals surface area contributed by atoms with Gasteiger partial charge in [-0.25, -0.2) is 0 Å². The van der Waals surface area contributed by atoms with Crippen LogP contribution < -0.4 is 5.73 Å². The summed E-state index contributed by atoms with van der Waals surface area (Å²) in [5, 5.41) is 4.31. The number of carbonyl (C=O) groups excluding carboxylic acids is 1. The summed E-state index contributed by atoms with van der Waals surface area (Å²) in [6.45, 7) is 9.56. The summed E-state index contributed by atoms with van der Waals surface area (Å²) in [5.41, 5.74) is 7.81. The number of hydrogen-bond acceptors (Lipinski definition) is 3. The first-order valence-corrected chi connectivity index (χ1v) is 6.59. The maximum absolute atomic E-state index is 12.6. The Morgan fingerprint density at radius 2 is 2.17 bits per heavy atom. The third-order valence-electron chi connectivity index (χ3n) is 3.72. The monoisotopic (exact) mass is 250 g/mol. The number of anilines is 1. The summed E-state index contributed by atoms with van der Waals surface area (Å²) in [4.78, 5) is 14.5. The number of nitrogen functional groups attached to an aromatic ring is 1. The molecule has 2 rings (SSSR count). The molecule has 0 radical (unpaired) electrons. The molecule has 1 aliphatic rings. The van der Waals surface area contributed by atoms with Gasteiger partial charge in [-0.2, -0.15) is 5.10 Å². The van der Waals surface area contributed by atoms with Gasteiger partial charge >= 0.3 is 0 Å². The van der Waals surface area contributed by atoms with Crippen LogP contribution in [0.1, 0.15) is 43.4 Å². The predicted molar refractivity (Wildman–Crippen MR) is 71.3 cm³/mol. The summed E-state index contributed by atoms with van der Waals surface area (Å²) in [5.74, 6) is 0.580. The minimum Gasteiger partial charge on any atom is -0.395 e. The van der Waals surface area contributed by atoms with Crippen molar-refractivity contribution in [3.63, 3.8) is 0 Å². The highest BCUT2D eigenvalue weighted by atomic mass is 16.2. The molecule has 0 aromatic carbocycles. The Kier molecular flexibility index (Phi) is 3.32. The number of hydrogen-bond donors (Lipinski definition) is 1. The lowest BCUT2D eigenvalue weighted by atomic mass is 10.1. The predicted octanol–water partition coefficient (Wildman–Crippen LogP) is 1.66. The van der Waals surface area contributed by atoms with E-state index in [1.165, 1.54) is 0 Å². The molecule has 2 N–H and O–H groups in total. The first kappa shape index (κ1) is 12.9. The SMILES string of the molecule is CCn1nc(C)c(N)c1C(=O)N1CC(C)CC1C. The highest BCUT2D eigenvalue weighted by molar-refractivity contribution is 5.98. The van der Waals surface area contributed by atoms with E-state index in [0.717, 1.165) is 18.7 Å². The number of amides is 1. The lowest BCUT2D eigenvalue weighted by molar-refractivity contribution is 0.0732. The van der Waals surface area contributed by atoms with E-state index in [9.17, 15) is 4.79 Å². The molecule has 0 aliphatic carbocycles. The zero-order chi connectivity index (χ0) is 13.4. The molecule has 5 nitrogen and oxygen atoms in total. The molecule has 1 aromatic heterocycles. The number of likely N-dealkylation sites (tertiary alicyclic amines) is 1. The highest BCUT2D eigenvalue weighted by Gasteiger charge is 2.33. The van der Waals surface area contributed by atoms with Crippen LogP contribution in [0, 0.1) is 12.8 Å².